The minimum Gasteiger partial charge on any atom is -0.369 e. The molecule has 0 saturated heterocycles. The van der Waals surface area contributed by atoms with Crippen LogP contribution in [0.1, 0.15) is 44.6 Å². The highest BCUT2D eigenvalue weighted by Gasteiger charge is 2.27. The fourth-order valence-electron chi connectivity index (χ4n) is 4.58. The van der Waals surface area contributed by atoms with E-state index in [4.69, 9.17) is 5.73 Å². The Bertz CT molecular complexity index is 1190. The number of nitrogens with one attached hydrogen (secondary N) is 2. The lowest BCUT2D eigenvalue weighted by Gasteiger charge is -2.27. The van der Waals surface area contributed by atoms with E-state index in [0.29, 0.717) is 29.2 Å². The summed E-state index contributed by atoms with van der Waals surface area (Å²) in [5, 5.41) is 2.88. The molecule has 1 saturated carbocycles. The smallest absolute Gasteiger partial charge is 0.264 e. The van der Waals surface area contributed by atoms with Crippen molar-refractivity contribution in [3.63, 3.8) is 0 Å². The van der Waals surface area contributed by atoms with Crippen LogP contribution in [0.15, 0.2) is 53.4 Å². The first-order chi connectivity index (χ1) is 17.1. The van der Waals surface area contributed by atoms with Crippen molar-refractivity contribution in [1.29, 1.82) is 0 Å². The van der Waals surface area contributed by atoms with Crippen LogP contribution in [0.2, 0.25) is 0 Å². The number of amides is 3. The van der Waals surface area contributed by atoms with Crippen molar-refractivity contribution in [2.75, 3.05) is 6.54 Å². The highest BCUT2D eigenvalue weighted by molar-refractivity contribution is 7.90. The molecule has 3 rings (SSSR count). The number of benzene rings is 2. The molecule has 4 N–H and O–H groups in total. The molecule has 10 heteroatoms. The number of hydrogen-bond acceptors (Lipinski definition) is 6. The number of carbonyl (C=O) groups excluding carboxylic acids is 3. The molecule has 0 radical (unpaired) electrons. The van der Waals surface area contributed by atoms with E-state index in [9.17, 15) is 22.8 Å². The van der Waals surface area contributed by atoms with E-state index in [-0.39, 0.29) is 16.6 Å². The van der Waals surface area contributed by atoms with Gasteiger partial charge in [-0.3, -0.25) is 14.4 Å². The van der Waals surface area contributed by atoms with Crippen LogP contribution in [0.25, 0.3) is 11.1 Å². The molecule has 1 unspecified atom stereocenters. The Morgan fingerprint density at radius 2 is 1.67 bits per heavy atom. The van der Waals surface area contributed by atoms with Crippen LogP contribution in [-0.4, -0.2) is 37.9 Å². The molecule has 0 aromatic heterocycles. The number of thiol groups is 1. The average molecular weight is 532 g/mol. The van der Waals surface area contributed by atoms with E-state index in [2.05, 4.69) is 17.9 Å². The van der Waals surface area contributed by atoms with Gasteiger partial charge in [0.15, 0.2) is 0 Å². The van der Waals surface area contributed by atoms with Crippen molar-refractivity contribution in [3.05, 3.63) is 54.1 Å². The van der Waals surface area contributed by atoms with E-state index in [0.717, 1.165) is 19.8 Å². The Kier molecular flexibility index (Phi) is 9.56. The summed E-state index contributed by atoms with van der Waals surface area (Å²) in [5.41, 5.74) is 7.27. The van der Waals surface area contributed by atoms with Gasteiger partial charge in [-0.05, 0) is 42.4 Å². The Balaban J connectivity index is 1.70. The summed E-state index contributed by atoms with van der Waals surface area (Å²) in [7, 11) is -4.03. The van der Waals surface area contributed by atoms with Crippen molar-refractivity contribution in [2.24, 2.45) is 17.6 Å². The minimum absolute atomic E-state index is 0.0263. The van der Waals surface area contributed by atoms with Gasteiger partial charge in [0, 0.05) is 24.3 Å². The monoisotopic (exact) mass is 531 g/mol. The van der Waals surface area contributed by atoms with Gasteiger partial charge >= 0.3 is 0 Å². The van der Waals surface area contributed by atoms with E-state index in [1.54, 1.807) is 42.5 Å². The molecule has 2 atom stereocenters. The van der Waals surface area contributed by atoms with Gasteiger partial charge in [0.2, 0.25) is 17.7 Å². The van der Waals surface area contributed by atoms with Crippen LogP contribution in [0.5, 0.6) is 0 Å². The summed E-state index contributed by atoms with van der Waals surface area (Å²) in [6.07, 6.45) is 5.92. The fourth-order valence-corrected chi connectivity index (χ4v) is 6.19. The Labute approximate surface area is 217 Å². The summed E-state index contributed by atoms with van der Waals surface area (Å²) >= 11 is 4.66. The van der Waals surface area contributed by atoms with Gasteiger partial charge in [-0.2, -0.15) is 12.6 Å². The maximum atomic E-state index is 12.8. The molecule has 0 heterocycles. The SMILES string of the molecule is CC(=O)NS(=O)(=O)c1ccccc1-c1ccc(CC(C(N)=O)C(=O)NC[C@@H](S)C2CCCCC2)cc1. The number of carbonyl (C=O) groups is 3. The lowest BCUT2D eigenvalue weighted by atomic mass is 9.86. The molecule has 8 nitrogen and oxygen atoms in total. The predicted octanol–water partition coefficient (Wildman–Crippen LogP) is 2.82. The standard InChI is InChI=1S/C26H33N3O5S2/c1-17(30)29-36(33,34)24-10-6-5-9-21(24)19-13-11-18(12-14-19)15-22(25(27)31)26(32)28-16-23(35)20-7-3-2-4-8-20/h5-6,9-14,20,22-23,35H,2-4,7-8,15-16H2,1H3,(H2,27,31)(H,28,32)(H,29,30)/t22?,23-/m1/s1. The van der Waals surface area contributed by atoms with Crippen LogP contribution in [0.4, 0.5) is 0 Å². The summed E-state index contributed by atoms with van der Waals surface area (Å²) in [6.45, 7) is 1.52. The zero-order valence-corrected chi connectivity index (χ0v) is 22.0. The second kappa shape index (κ2) is 12.4. The molecule has 1 fully saturated rings. The zero-order chi connectivity index (χ0) is 26.3. The second-order valence-electron chi connectivity index (χ2n) is 9.22. The summed E-state index contributed by atoms with van der Waals surface area (Å²) in [5.74, 6) is -2.39. The average Bonchev–Trinajstić information content (AvgIpc) is 2.85. The maximum absolute atomic E-state index is 12.8. The normalized spacial score (nSPS) is 16.1. The van der Waals surface area contributed by atoms with Gasteiger partial charge in [-0.25, -0.2) is 13.1 Å². The molecule has 2 aromatic rings. The van der Waals surface area contributed by atoms with Crippen molar-refractivity contribution in [3.8, 4) is 11.1 Å². The van der Waals surface area contributed by atoms with Crippen LogP contribution < -0.4 is 15.8 Å². The largest absolute Gasteiger partial charge is 0.369 e. The number of sulfonamides is 1. The third-order valence-corrected chi connectivity index (χ3v) is 8.59. The van der Waals surface area contributed by atoms with Crippen LogP contribution in [0.3, 0.4) is 0 Å². The van der Waals surface area contributed by atoms with Gasteiger partial charge in [-0.15, -0.1) is 0 Å². The van der Waals surface area contributed by atoms with E-state index < -0.39 is 33.7 Å². The van der Waals surface area contributed by atoms with Crippen molar-refractivity contribution in [1.82, 2.24) is 10.0 Å². The number of rotatable bonds is 10. The lowest BCUT2D eigenvalue weighted by molar-refractivity contribution is -0.133. The van der Waals surface area contributed by atoms with Crippen LogP contribution in [-0.2, 0) is 30.8 Å². The maximum Gasteiger partial charge on any atom is 0.264 e. The Morgan fingerprint density at radius 1 is 1.03 bits per heavy atom. The van der Waals surface area contributed by atoms with Crippen molar-refractivity contribution < 1.29 is 22.8 Å². The highest BCUT2D eigenvalue weighted by atomic mass is 32.2. The summed E-state index contributed by atoms with van der Waals surface area (Å²) in [4.78, 5) is 36.1. The minimum atomic E-state index is -4.03. The van der Waals surface area contributed by atoms with Gasteiger partial charge in [0.05, 0.1) is 4.90 Å². The topological polar surface area (TPSA) is 135 Å². The lowest BCUT2D eigenvalue weighted by Crippen LogP contribution is -2.43. The second-order valence-corrected chi connectivity index (χ2v) is 11.5. The molecule has 2 aromatic carbocycles. The first-order valence-electron chi connectivity index (χ1n) is 12.1. The molecule has 1 aliphatic carbocycles. The van der Waals surface area contributed by atoms with E-state index in [1.165, 1.54) is 25.3 Å². The molecule has 194 valence electrons. The molecular formula is C26H33N3O5S2. The Morgan fingerprint density at radius 3 is 2.28 bits per heavy atom. The zero-order valence-electron chi connectivity index (χ0n) is 20.3. The summed E-state index contributed by atoms with van der Waals surface area (Å²) < 4.78 is 27.1. The quantitative estimate of drug-likeness (QED) is 0.276. The van der Waals surface area contributed by atoms with E-state index >= 15 is 0 Å². The van der Waals surface area contributed by atoms with Crippen LogP contribution in [0, 0.1) is 11.8 Å². The Hall–Kier alpha value is -2.85. The highest BCUT2D eigenvalue weighted by Crippen LogP contribution is 2.29. The van der Waals surface area contributed by atoms with Crippen molar-refractivity contribution in [2.45, 2.75) is 55.6 Å². The summed E-state index contributed by atoms with van der Waals surface area (Å²) in [6, 6.07) is 13.2. The third kappa shape index (κ3) is 7.33. The molecular weight excluding hydrogens is 498 g/mol. The first kappa shape index (κ1) is 27.7. The molecule has 3 amide bonds. The van der Waals surface area contributed by atoms with Gasteiger partial charge in [0.1, 0.15) is 5.92 Å². The number of hydrogen-bond donors (Lipinski definition) is 4. The predicted molar refractivity (Wildman–Crippen MR) is 142 cm³/mol. The molecule has 0 bridgehead atoms. The molecule has 36 heavy (non-hydrogen) atoms. The van der Waals surface area contributed by atoms with Gasteiger partial charge < -0.3 is 11.1 Å². The molecule has 0 spiro atoms. The van der Waals surface area contributed by atoms with Crippen molar-refractivity contribution >= 4 is 40.4 Å². The third-order valence-electron chi connectivity index (χ3n) is 6.50. The van der Waals surface area contributed by atoms with Crippen LogP contribution >= 0.6 is 12.6 Å². The van der Waals surface area contributed by atoms with Gasteiger partial charge in [0.25, 0.3) is 10.0 Å². The van der Waals surface area contributed by atoms with Gasteiger partial charge in [-0.1, -0.05) is 61.7 Å². The molecule has 1 aliphatic rings. The number of primary amides is 1. The first-order valence-corrected chi connectivity index (χ1v) is 14.0. The molecule has 0 aliphatic heterocycles. The number of nitrogens with two attached hydrogens (primary N) is 1. The fraction of sp³-hybridized carbons (Fsp3) is 0.423. The van der Waals surface area contributed by atoms with E-state index in [1.807, 2.05) is 4.72 Å².